The van der Waals surface area contributed by atoms with E-state index in [2.05, 4.69) is 25.9 Å². The van der Waals surface area contributed by atoms with Gasteiger partial charge in [0, 0.05) is 12.6 Å². The number of halogens is 1. The minimum atomic E-state index is 0.356. The van der Waals surface area contributed by atoms with Gasteiger partial charge in [0.2, 0.25) is 0 Å². The van der Waals surface area contributed by atoms with E-state index in [-0.39, 0.29) is 0 Å². The molecule has 0 saturated heterocycles. The third-order valence-corrected chi connectivity index (χ3v) is 5.15. The van der Waals surface area contributed by atoms with Gasteiger partial charge in [-0.2, -0.15) is 5.10 Å². The Labute approximate surface area is 127 Å². The molecule has 2 rings (SSSR count). The lowest BCUT2D eigenvalue weighted by molar-refractivity contribution is -0.0473. The van der Waals surface area contributed by atoms with Gasteiger partial charge in [-0.3, -0.25) is 4.68 Å². The summed E-state index contributed by atoms with van der Waals surface area (Å²) in [5.41, 5.74) is 2.01. The zero-order valence-corrected chi connectivity index (χ0v) is 14.1. The van der Waals surface area contributed by atoms with Gasteiger partial charge in [-0.1, -0.05) is 38.8 Å². The Morgan fingerprint density at radius 3 is 2.65 bits per heavy atom. The molecule has 1 aliphatic carbocycles. The standard InChI is InChI=1S/C16H27ClN2O/c1-10(2)13-7-6-11(3)8-15(13)20-9-14-12(4)18-19(5)16(14)17/h10-11,13,15H,6-9H2,1-5H3. The Balaban J connectivity index is 2.03. The lowest BCUT2D eigenvalue weighted by atomic mass is 9.75. The lowest BCUT2D eigenvalue weighted by Crippen LogP contribution is -2.34. The molecule has 1 aromatic rings. The van der Waals surface area contributed by atoms with Crippen LogP contribution in [-0.2, 0) is 18.4 Å². The van der Waals surface area contributed by atoms with Crippen LogP contribution >= 0.6 is 11.6 Å². The van der Waals surface area contributed by atoms with E-state index in [0.717, 1.165) is 17.2 Å². The Morgan fingerprint density at radius 1 is 1.40 bits per heavy atom. The summed E-state index contributed by atoms with van der Waals surface area (Å²) in [6.07, 6.45) is 4.13. The van der Waals surface area contributed by atoms with Crippen LogP contribution in [0.5, 0.6) is 0 Å². The number of nitrogens with zero attached hydrogens (tertiary/aromatic N) is 2. The molecule has 1 aromatic heterocycles. The maximum atomic E-state index is 6.28. The molecule has 0 bridgehead atoms. The molecule has 114 valence electrons. The average Bonchev–Trinajstić information content (AvgIpc) is 2.61. The van der Waals surface area contributed by atoms with Crippen LogP contribution in [0.25, 0.3) is 0 Å². The largest absolute Gasteiger partial charge is 0.373 e. The Hall–Kier alpha value is -0.540. The number of ether oxygens (including phenoxy) is 1. The molecular formula is C16H27ClN2O. The monoisotopic (exact) mass is 298 g/mol. The molecule has 1 fully saturated rings. The van der Waals surface area contributed by atoms with Crippen molar-refractivity contribution in [3.8, 4) is 0 Å². The van der Waals surface area contributed by atoms with Gasteiger partial charge in [-0.25, -0.2) is 0 Å². The Kier molecular flexibility index (Phi) is 5.14. The van der Waals surface area contributed by atoms with Gasteiger partial charge in [0.1, 0.15) is 5.15 Å². The summed E-state index contributed by atoms with van der Waals surface area (Å²) in [5.74, 6) is 2.11. The van der Waals surface area contributed by atoms with Crippen molar-refractivity contribution in [1.29, 1.82) is 0 Å². The number of aryl methyl sites for hydroxylation is 2. The van der Waals surface area contributed by atoms with E-state index in [1.54, 1.807) is 4.68 Å². The van der Waals surface area contributed by atoms with Crippen molar-refractivity contribution in [2.24, 2.45) is 24.8 Å². The second-order valence-corrected chi connectivity index (χ2v) is 7.01. The van der Waals surface area contributed by atoms with Gasteiger partial charge >= 0.3 is 0 Å². The maximum absolute atomic E-state index is 6.28. The first-order chi connectivity index (χ1) is 9.40. The normalized spacial score (nSPS) is 27.2. The fourth-order valence-corrected chi connectivity index (χ4v) is 3.56. The molecule has 0 spiro atoms. The molecule has 1 aliphatic rings. The van der Waals surface area contributed by atoms with E-state index in [0.29, 0.717) is 29.7 Å². The predicted octanol–water partition coefficient (Wildman–Crippen LogP) is 4.36. The molecule has 20 heavy (non-hydrogen) atoms. The van der Waals surface area contributed by atoms with Crippen molar-refractivity contribution in [3.05, 3.63) is 16.4 Å². The fraction of sp³-hybridized carbons (Fsp3) is 0.812. The van der Waals surface area contributed by atoms with Crippen LogP contribution in [0.4, 0.5) is 0 Å². The number of hydrogen-bond donors (Lipinski definition) is 0. The van der Waals surface area contributed by atoms with Crippen molar-refractivity contribution in [1.82, 2.24) is 9.78 Å². The van der Waals surface area contributed by atoms with Crippen molar-refractivity contribution >= 4 is 11.6 Å². The number of hydrogen-bond acceptors (Lipinski definition) is 2. The third kappa shape index (κ3) is 3.37. The molecule has 0 aliphatic heterocycles. The minimum absolute atomic E-state index is 0.356. The van der Waals surface area contributed by atoms with Gasteiger partial charge in [0.25, 0.3) is 0 Å². The van der Waals surface area contributed by atoms with Crippen LogP contribution in [0.15, 0.2) is 0 Å². The average molecular weight is 299 g/mol. The molecule has 1 heterocycles. The zero-order chi connectivity index (χ0) is 14.9. The van der Waals surface area contributed by atoms with E-state index in [1.165, 1.54) is 19.3 Å². The summed E-state index contributed by atoms with van der Waals surface area (Å²) < 4.78 is 7.97. The summed E-state index contributed by atoms with van der Waals surface area (Å²) in [6.45, 7) is 9.51. The summed E-state index contributed by atoms with van der Waals surface area (Å²) in [7, 11) is 1.87. The first kappa shape index (κ1) is 15.8. The number of aromatic nitrogens is 2. The molecule has 0 aromatic carbocycles. The van der Waals surface area contributed by atoms with Gasteiger partial charge in [-0.05, 0) is 37.5 Å². The summed E-state index contributed by atoms with van der Waals surface area (Å²) in [6, 6.07) is 0. The second kappa shape index (κ2) is 6.48. The highest BCUT2D eigenvalue weighted by molar-refractivity contribution is 6.30. The van der Waals surface area contributed by atoms with E-state index in [1.807, 2.05) is 14.0 Å². The lowest BCUT2D eigenvalue weighted by Gasteiger charge is -2.37. The highest BCUT2D eigenvalue weighted by Gasteiger charge is 2.31. The van der Waals surface area contributed by atoms with Crippen LogP contribution in [-0.4, -0.2) is 15.9 Å². The van der Waals surface area contributed by atoms with Gasteiger partial charge in [0.15, 0.2) is 0 Å². The van der Waals surface area contributed by atoms with Gasteiger partial charge in [-0.15, -0.1) is 0 Å². The van der Waals surface area contributed by atoms with Gasteiger partial charge < -0.3 is 4.74 Å². The highest BCUT2D eigenvalue weighted by atomic mass is 35.5. The predicted molar refractivity (Wildman–Crippen MR) is 82.9 cm³/mol. The van der Waals surface area contributed by atoms with E-state index >= 15 is 0 Å². The molecular weight excluding hydrogens is 272 g/mol. The summed E-state index contributed by atoms with van der Waals surface area (Å²) in [5, 5.41) is 5.05. The summed E-state index contributed by atoms with van der Waals surface area (Å²) >= 11 is 6.28. The first-order valence-electron chi connectivity index (χ1n) is 7.69. The fourth-order valence-electron chi connectivity index (χ4n) is 3.33. The minimum Gasteiger partial charge on any atom is -0.373 e. The topological polar surface area (TPSA) is 27.1 Å². The number of rotatable bonds is 4. The van der Waals surface area contributed by atoms with E-state index in [4.69, 9.17) is 16.3 Å². The van der Waals surface area contributed by atoms with Crippen molar-refractivity contribution in [3.63, 3.8) is 0 Å². The van der Waals surface area contributed by atoms with Gasteiger partial charge in [0.05, 0.1) is 18.4 Å². The van der Waals surface area contributed by atoms with Crippen LogP contribution in [0.3, 0.4) is 0 Å². The molecule has 3 nitrogen and oxygen atoms in total. The van der Waals surface area contributed by atoms with Crippen LogP contribution in [0.2, 0.25) is 5.15 Å². The quantitative estimate of drug-likeness (QED) is 0.826. The van der Waals surface area contributed by atoms with Crippen LogP contribution in [0.1, 0.15) is 51.3 Å². The maximum Gasteiger partial charge on any atom is 0.132 e. The molecule has 1 saturated carbocycles. The Bertz CT molecular complexity index is 456. The smallest absolute Gasteiger partial charge is 0.132 e. The molecule has 3 unspecified atom stereocenters. The van der Waals surface area contributed by atoms with E-state index in [9.17, 15) is 0 Å². The van der Waals surface area contributed by atoms with Crippen molar-refractivity contribution < 1.29 is 4.74 Å². The molecule has 0 N–H and O–H groups in total. The van der Waals surface area contributed by atoms with Crippen molar-refractivity contribution in [2.75, 3.05) is 0 Å². The Morgan fingerprint density at radius 2 is 2.10 bits per heavy atom. The molecule has 4 heteroatoms. The van der Waals surface area contributed by atoms with Crippen LogP contribution in [0, 0.1) is 24.7 Å². The third-order valence-electron chi connectivity index (χ3n) is 4.67. The molecule has 0 amide bonds. The van der Waals surface area contributed by atoms with Crippen LogP contribution < -0.4 is 0 Å². The second-order valence-electron chi connectivity index (χ2n) is 6.65. The zero-order valence-electron chi connectivity index (χ0n) is 13.3. The van der Waals surface area contributed by atoms with E-state index < -0.39 is 0 Å². The first-order valence-corrected chi connectivity index (χ1v) is 8.07. The van der Waals surface area contributed by atoms with Crippen molar-refractivity contribution in [2.45, 2.75) is 59.7 Å². The highest BCUT2D eigenvalue weighted by Crippen LogP contribution is 2.36. The molecule has 3 atom stereocenters. The summed E-state index contributed by atoms with van der Waals surface area (Å²) in [4.78, 5) is 0. The molecule has 0 radical (unpaired) electrons. The SMILES string of the molecule is Cc1nn(C)c(Cl)c1COC1CC(C)CCC1C(C)C.